The molecule has 0 unspecified atom stereocenters. The van der Waals surface area contributed by atoms with E-state index in [4.69, 9.17) is 27.9 Å². The SMILES string of the molecule is COc1ccc2c(n1)n1cccc1c(=O)n2CCCN1CCN(c2cc(Cl)cc(Cl)c2)CC1. The number of pyridine rings is 1. The number of nitrogens with zero attached hydrogens (tertiary/aromatic N) is 5. The molecule has 5 rings (SSSR count). The van der Waals surface area contributed by atoms with Crippen LogP contribution in [0.4, 0.5) is 5.69 Å². The molecule has 0 N–H and O–H groups in total. The highest BCUT2D eigenvalue weighted by Gasteiger charge is 2.18. The lowest BCUT2D eigenvalue weighted by molar-refractivity contribution is 0.250. The fourth-order valence-electron chi connectivity index (χ4n) is 4.54. The zero-order valence-corrected chi connectivity index (χ0v) is 19.9. The predicted molar refractivity (Wildman–Crippen MR) is 133 cm³/mol. The highest BCUT2D eigenvalue weighted by molar-refractivity contribution is 6.35. The molecule has 0 amide bonds. The summed E-state index contributed by atoms with van der Waals surface area (Å²) in [7, 11) is 1.60. The number of aryl methyl sites for hydroxylation is 1. The summed E-state index contributed by atoms with van der Waals surface area (Å²) in [5.41, 5.74) is 3.22. The molecule has 0 atom stereocenters. The number of hydrogen-bond acceptors (Lipinski definition) is 5. The molecular formula is C24H25Cl2N5O2. The molecule has 1 saturated heterocycles. The molecule has 4 heterocycles. The molecule has 0 bridgehead atoms. The Hall–Kier alpha value is -2.74. The Kier molecular flexibility index (Phi) is 6.19. The summed E-state index contributed by atoms with van der Waals surface area (Å²) < 4.78 is 8.96. The summed E-state index contributed by atoms with van der Waals surface area (Å²) in [4.78, 5) is 22.5. The van der Waals surface area contributed by atoms with E-state index in [1.54, 1.807) is 19.2 Å². The summed E-state index contributed by atoms with van der Waals surface area (Å²) in [5.74, 6) is 0.529. The molecule has 1 aromatic carbocycles. The van der Waals surface area contributed by atoms with Gasteiger partial charge in [0.1, 0.15) is 5.52 Å². The van der Waals surface area contributed by atoms with Crippen molar-refractivity contribution in [3.63, 3.8) is 0 Å². The van der Waals surface area contributed by atoms with E-state index in [-0.39, 0.29) is 5.56 Å². The zero-order chi connectivity index (χ0) is 22.9. The maximum atomic E-state index is 13.1. The van der Waals surface area contributed by atoms with Crippen LogP contribution in [0.1, 0.15) is 6.42 Å². The van der Waals surface area contributed by atoms with Gasteiger partial charge in [0.05, 0.1) is 12.6 Å². The standard InChI is InChI=1S/C24H25Cl2N5O2/c1-33-22-6-5-20-23(27-22)30-8-2-4-21(30)24(32)31(20)9-3-7-28-10-12-29(13-11-28)19-15-17(25)14-18(26)16-19/h2,4-6,8,14-16H,3,7,9-13H2,1H3. The van der Waals surface area contributed by atoms with Crippen molar-refractivity contribution in [1.82, 2.24) is 18.9 Å². The van der Waals surface area contributed by atoms with Crippen LogP contribution in [0.2, 0.25) is 10.0 Å². The second kappa shape index (κ2) is 9.25. The Morgan fingerprint density at radius 2 is 1.73 bits per heavy atom. The van der Waals surface area contributed by atoms with E-state index in [1.807, 2.05) is 45.5 Å². The molecule has 3 aromatic heterocycles. The number of ether oxygens (including phenoxy) is 1. The summed E-state index contributed by atoms with van der Waals surface area (Å²) in [5, 5.41) is 1.31. The highest BCUT2D eigenvalue weighted by Crippen LogP contribution is 2.26. The molecule has 172 valence electrons. The van der Waals surface area contributed by atoms with Crippen molar-refractivity contribution < 1.29 is 4.74 Å². The molecule has 0 aliphatic carbocycles. The largest absolute Gasteiger partial charge is 0.481 e. The van der Waals surface area contributed by atoms with Gasteiger partial charge in [-0.1, -0.05) is 23.2 Å². The Labute approximate surface area is 201 Å². The maximum absolute atomic E-state index is 13.1. The number of piperazine rings is 1. The lowest BCUT2D eigenvalue weighted by atomic mass is 10.2. The van der Waals surface area contributed by atoms with Gasteiger partial charge in [0.25, 0.3) is 5.56 Å². The molecule has 0 radical (unpaired) electrons. The normalized spacial score (nSPS) is 14.9. The van der Waals surface area contributed by atoms with Crippen LogP contribution in [0.15, 0.2) is 53.5 Å². The second-order valence-electron chi connectivity index (χ2n) is 8.23. The summed E-state index contributed by atoms with van der Waals surface area (Å²) in [6.45, 7) is 5.30. The zero-order valence-electron chi connectivity index (χ0n) is 18.4. The summed E-state index contributed by atoms with van der Waals surface area (Å²) >= 11 is 12.3. The fourth-order valence-corrected chi connectivity index (χ4v) is 5.05. The minimum Gasteiger partial charge on any atom is -0.481 e. The smallest absolute Gasteiger partial charge is 0.275 e. The van der Waals surface area contributed by atoms with Gasteiger partial charge in [-0.05, 0) is 49.4 Å². The number of methoxy groups -OCH3 is 1. The van der Waals surface area contributed by atoms with Crippen LogP contribution >= 0.6 is 23.2 Å². The van der Waals surface area contributed by atoms with E-state index in [2.05, 4.69) is 14.8 Å². The van der Waals surface area contributed by atoms with Gasteiger partial charge in [0.2, 0.25) is 5.88 Å². The monoisotopic (exact) mass is 485 g/mol. The third-order valence-corrected chi connectivity index (χ3v) is 6.65. The highest BCUT2D eigenvalue weighted by atomic mass is 35.5. The van der Waals surface area contributed by atoms with E-state index in [9.17, 15) is 4.79 Å². The third kappa shape index (κ3) is 4.40. The average molecular weight is 486 g/mol. The summed E-state index contributed by atoms with van der Waals surface area (Å²) in [6.07, 6.45) is 2.74. The minimum absolute atomic E-state index is 0.00196. The molecule has 0 saturated carbocycles. The first-order valence-corrected chi connectivity index (χ1v) is 11.8. The van der Waals surface area contributed by atoms with Crippen LogP contribution in [0.25, 0.3) is 16.7 Å². The number of fused-ring (bicyclic) bond motifs is 3. The molecule has 0 spiro atoms. The number of rotatable bonds is 6. The first-order chi connectivity index (χ1) is 16.0. The van der Waals surface area contributed by atoms with Gasteiger partial charge in [-0.2, -0.15) is 4.98 Å². The van der Waals surface area contributed by atoms with Gasteiger partial charge in [-0.3, -0.25) is 14.1 Å². The van der Waals surface area contributed by atoms with Crippen LogP contribution in [-0.4, -0.2) is 58.7 Å². The van der Waals surface area contributed by atoms with Crippen molar-refractivity contribution in [3.8, 4) is 5.88 Å². The summed E-state index contributed by atoms with van der Waals surface area (Å²) in [6, 6.07) is 13.1. The number of anilines is 1. The second-order valence-corrected chi connectivity index (χ2v) is 9.10. The van der Waals surface area contributed by atoms with Gasteiger partial charge in [-0.25, -0.2) is 0 Å². The van der Waals surface area contributed by atoms with E-state index < -0.39 is 0 Å². The van der Waals surface area contributed by atoms with Crippen LogP contribution in [0.5, 0.6) is 5.88 Å². The quantitative estimate of drug-likeness (QED) is 0.410. The Bertz CT molecular complexity index is 1340. The molecule has 7 nitrogen and oxygen atoms in total. The van der Waals surface area contributed by atoms with Crippen LogP contribution in [0, 0.1) is 0 Å². The molecular weight excluding hydrogens is 461 g/mol. The minimum atomic E-state index is 0.00196. The van der Waals surface area contributed by atoms with Crippen LogP contribution < -0.4 is 15.2 Å². The van der Waals surface area contributed by atoms with Crippen molar-refractivity contribution in [2.75, 3.05) is 44.7 Å². The first-order valence-electron chi connectivity index (χ1n) is 11.0. The van der Waals surface area contributed by atoms with Gasteiger partial charge < -0.3 is 14.2 Å². The van der Waals surface area contributed by atoms with Crippen molar-refractivity contribution in [2.24, 2.45) is 0 Å². The predicted octanol–water partition coefficient (Wildman–Crippen LogP) is 4.18. The lowest BCUT2D eigenvalue weighted by Gasteiger charge is -2.36. The van der Waals surface area contributed by atoms with Crippen LogP contribution in [0.3, 0.4) is 0 Å². The topological polar surface area (TPSA) is 55.0 Å². The molecule has 1 fully saturated rings. The van der Waals surface area contributed by atoms with Crippen molar-refractivity contribution in [1.29, 1.82) is 0 Å². The van der Waals surface area contributed by atoms with Gasteiger partial charge in [-0.15, -0.1) is 0 Å². The van der Waals surface area contributed by atoms with Crippen molar-refractivity contribution >= 4 is 45.6 Å². The Balaban J connectivity index is 1.27. The van der Waals surface area contributed by atoms with Crippen molar-refractivity contribution in [2.45, 2.75) is 13.0 Å². The average Bonchev–Trinajstić information content (AvgIpc) is 3.31. The van der Waals surface area contributed by atoms with E-state index in [0.717, 1.165) is 56.0 Å². The molecule has 4 aromatic rings. The van der Waals surface area contributed by atoms with E-state index in [1.165, 1.54) is 0 Å². The number of benzene rings is 1. The van der Waals surface area contributed by atoms with Gasteiger partial charge in [0, 0.05) is 60.7 Å². The molecule has 9 heteroatoms. The number of hydrogen-bond donors (Lipinski definition) is 0. The third-order valence-electron chi connectivity index (χ3n) is 6.21. The number of halogens is 2. The van der Waals surface area contributed by atoms with E-state index in [0.29, 0.717) is 28.0 Å². The first kappa shape index (κ1) is 22.1. The van der Waals surface area contributed by atoms with Gasteiger partial charge >= 0.3 is 0 Å². The Morgan fingerprint density at radius 1 is 0.970 bits per heavy atom. The maximum Gasteiger partial charge on any atom is 0.275 e. The van der Waals surface area contributed by atoms with Crippen molar-refractivity contribution in [3.05, 3.63) is 69.1 Å². The molecule has 1 aliphatic heterocycles. The molecule has 33 heavy (non-hydrogen) atoms. The lowest BCUT2D eigenvalue weighted by Crippen LogP contribution is -2.46. The van der Waals surface area contributed by atoms with E-state index >= 15 is 0 Å². The fraction of sp³-hybridized carbons (Fsp3) is 0.333. The molecule has 1 aliphatic rings. The van der Waals surface area contributed by atoms with Crippen LogP contribution in [-0.2, 0) is 6.54 Å². The number of aromatic nitrogens is 3. The van der Waals surface area contributed by atoms with Gasteiger partial charge in [0.15, 0.2) is 5.65 Å². The Morgan fingerprint density at radius 3 is 2.45 bits per heavy atom.